The Morgan fingerprint density at radius 2 is 0.565 bits per heavy atom. The first kappa shape index (κ1) is 64.5. The predicted octanol–water partition coefficient (Wildman–Crippen LogP) is 18.6. The zero-order chi connectivity index (χ0) is 50.0. The average molecular weight is 953 g/mol. The third kappa shape index (κ3) is 54.4. The molecule has 0 aliphatic rings. The summed E-state index contributed by atoms with van der Waals surface area (Å²) >= 11 is 0. The molecule has 0 amide bonds. The van der Waals surface area contributed by atoms with Crippen molar-refractivity contribution >= 4 is 17.9 Å². The molecule has 0 saturated carbocycles. The summed E-state index contributed by atoms with van der Waals surface area (Å²) in [7, 11) is 0. The number of carbonyl (C=O) groups is 3. The summed E-state index contributed by atoms with van der Waals surface area (Å²) < 4.78 is 16.8. The normalized spacial score (nSPS) is 13.1. The van der Waals surface area contributed by atoms with Crippen LogP contribution in [0.5, 0.6) is 0 Å². The minimum absolute atomic E-state index is 0.105. The Hall–Kier alpha value is -4.45. The summed E-state index contributed by atoms with van der Waals surface area (Å²) in [5.74, 6) is -0.972. The average Bonchev–Trinajstić information content (AvgIpc) is 3.35. The molecule has 6 nitrogen and oxygen atoms in total. The third-order valence-corrected chi connectivity index (χ3v) is 11.1. The zero-order valence-electron chi connectivity index (χ0n) is 44.3. The molecule has 69 heavy (non-hydrogen) atoms. The van der Waals surface area contributed by atoms with E-state index in [1.807, 2.05) is 0 Å². The highest BCUT2D eigenvalue weighted by Crippen LogP contribution is 2.13. The quantitative estimate of drug-likeness (QED) is 0.0262. The van der Waals surface area contributed by atoms with Crippen molar-refractivity contribution in [1.29, 1.82) is 0 Å². The van der Waals surface area contributed by atoms with Crippen LogP contribution in [0, 0.1) is 0 Å². The second-order valence-corrected chi connectivity index (χ2v) is 17.7. The lowest BCUT2D eigenvalue weighted by Crippen LogP contribution is -2.30. The molecule has 0 bridgehead atoms. The van der Waals surface area contributed by atoms with Crippen molar-refractivity contribution in [2.45, 2.75) is 232 Å². The molecule has 0 aromatic rings. The standard InChI is InChI=1S/C63H100O6/c1-4-7-10-13-16-19-22-24-26-28-29-30-31-32-33-35-36-38-41-44-47-50-53-56-62(65)68-59-60(58-67-61(64)55-52-49-46-43-40-21-18-15-12-9-6-3)69-63(66)57-54-51-48-45-42-39-37-34-27-25-23-20-17-14-11-8-5-2/h7-8,10-11,15-20,24-27,29-30,32-33,36-39,60H,4-6,9,12-14,21-23,28,31,34-35,40-59H2,1-3H3/b10-7-,11-8-,18-15-,19-16-,20-17-,26-24-,27-25-,30-29-,33-32-,38-36-,39-37-. The molecule has 0 rings (SSSR count). The van der Waals surface area contributed by atoms with Gasteiger partial charge in [-0.2, -0.15) is 0 Å². The van der Waals surface area contributed by atoms with Gasteiger partial charge in [-0.3, -0.25) is 14.4 Å². The van der Waals surface area contributed by atoms with E-state index in [0.717, 1.165) is 161 Å². The minimum Gasteiger partial charge on any atom is -0.462 e. The zero-order valence-corrected chi connectivity index (χ0v) is 44.3. The minimum atomic E-state index is -0.810. The number of allylic oxidation sites excluding steroid dienone is 22. The molecule has 0 radical (unpaired) electrons. The van der Waals surface area contributed by atoms with Crippen molar-refractivity contribution in [1.82, 2.24) is 0 Å². The smallest absolute Gasteiger partial charge is 0.306 e. The van der Waals surface area contributed by atoms with E-state index in [4.69, 9.17) is 14.2 Å². The molecule has 0 spiro atoms. The van der Waals surface area contributed by atoms with Gasteiger partial charge >= 0.3 is 17.9 Å². The van der Waals surface area contributed by atoms with E-state index in [9.17, 15) is 14.4 Å². The summed E-state index contributed by atoms with van der Waals surface area (Å²) in [6.45, 7) is 6.31. The maximum Gasteiger partial charge on any atom is 0.306 e. The lowest BCUT2D eigenvalue weighted by Gasteiger charge is -2.18. The molecule has 1 atom stereocenters. The number of hydrogen-bond acceptors (Lipinski definition) is 6. The number of unbranched alkanes of at least 4 members (excludes halogenated alkanes) is 15. The fourth-order valence-electron chi connectivity index (χ4n) is 7.00. The van der Waals surface area contributed by atoms with Crippen LogP contribution in [0.3, 0.4) is 0 Å². The Labute approximate surface area is 424 Å². The van der Waals surface area contributed by atoms with Gasteiger partial charge < -0.3 is 14.2 Å². The first-order valence-corrected chi connectivity index (χ1v) is 27.7. The van der Waals surface area contributed by atoms with Crippen molar-refractivity contribution in [2.24, 2.45) is 0 Å². The van der Waals surface area contributed by atoms with Crippen LogP contribution in [0.1, 0.15) is 226 Å². The molecule has 6 heteroatoms. The molecule has 0 fully saturated rings. The topological polar surface area (TPSA) is 78.9 Å². The molecular formula is C63H100O6. The van der Waals surface area contributed by atoms with Crippen molar-refractivity contribution in [3.05, 3.63) is 134 Å². The van der Waals surface area contributed by atoms with Gasteiger partial charge in [-0.05, 0) is 128 Å². The van der Waals surface area contributed by atoms with Gasteiger partial charge in [-0.25, -0.2) is 0 Å². The van der Waals surface area contributed by atoms with E-state index in [1.54, 1.807) is 0 Å². The van der Waals surface area contributed by atoms with Crippen molar-refractivity contribution < 1.29 is 28.6 Å². The van der Waals surface area contributed by atoms with Crippen LogP contribution >= 0.6 is 0 Å². The van der Waals surface area contributed by atoms with Gasteiger partial charge in [0.15, 0.2) is 6.10 Å². The number of carbonyl (C=O) groups excluding carboxylic acids is 3. The lowest BCUT2D eigenvalue weighted by molar-refractivity contribution is -0.167. The van der Waals surface area contributed by atoms with Gasteiger partial charge in [0.25, 0.3) is 0 Å². The number of esters is 3. The van der Waals surface area contributed by atoms with E-state index in [0.29, 0.717) is 12.8 Å². The summed E-state index contributed by atoms with van der Waals surface area (Å²) in [6.07, 6.45) is 78.7. The van der Waals surface area contributed by atoms with Crippen LogP contribution in [0.25, 0.3) is 0 Å². The molecule has 0 aromatic carbocycles. The first-order valence-electron chi connectivity index (χ1n) is 27.7. The molecule has 388 valence electrons. The van der Waals surface area contributed by atoms with E-state index in [1.165, 1.54) is 25.7 Å². The fourth-order valence-corrected chi connectivity index (χ4v) is 7.00. The van der Waals surface area contributed by atoms with Crippen molar-refractivity contribution in [3.63, 3.8) is 0 Å². The molecule has 0 aliphatic carbocycles. The Bertz CT molecular complexity index is 1510. The highest BCUT2D eigenvalue weighted by Gasteiger charge is 2.19. The van der Waals surface area contributed by atoms with E-state index < -0.39 is 6.10 Å². The Balaban J connectivity index is 4.46. The molecule has 0 aliphatic heterocycles. The second-order valence-electron chi connectivity index (χ2n) is 17.7. The summed E-state index contributed by atoms with van der Waals surface area (Å²) in [5, 5.41) is 0. The highest BCUT2D eigenvalue weighted by molar-refractivity contribution is 5.71. The fraction of sp³-hybridized carbons (Fsp3) is 0.603. The largest absolute Gasteiger partial charge is 0.462 e. The molecule has 0 N–H and O–H groups in total. The van der Waals surface area contributed by atoms with Gasteiger partial charge in [0.1, 0.15) is 13.2 Å². The van der Waals surface area contributed by atoms with Gasteiger partial charge in [0.05, 0.1) is 0 Å². The van der Waals surface area contributed by atoms with Crippen LogP contribution in [-0.2, 0) is 28.6 Å². The third-order valence-electron chi connectivity index (χ3n) is 11.1. The highest BCUT2D eigenvalue weighted by atomic mass is 16.6. The first-order chi connectivity index (χ1) is 34.0. The molecule has 0 heterocycles. The van der Waals surface area contributed by atoms with E-state index in [2.05, 4.69) is 154 Å². The Kier molecular flexibility index (Phi) is 52.5. The molecular weight excluding hydrogens is 853 g/mol. The molecule has 0 aromatic heterocycles. The van der Waals surface area contributed by atoms with Crippen LogP contribution in [-0.4, -0.2) is 37.2 Å². The Morgan fingerprint density at radius 3 is 0.899 bits per heavy atom. The predicted molar refractivity (Wildman–Crippen MR) is 297 cm³/mol. The summed E-state index contributed by atoms with van der Waals surface area (Å²) in [5.41, 5.74) is 0. The van der Waals surface area contributed by atoms with Gasteiger partial charge in [0, 0.05) is 19.3 Å². The number of rotatable bonds is 48. The van der Waals surface area contributed by atoms with Crippen molar-refractivity contribution in [3.8, 4) is 0 Å². The van der Waals surface area contributed by atoms with Crippen LogP contribution < -0.4 is 0 Å². The molecule has 0 saturated heterocycles. The second kappa shape index (κ2) is 56.1. The van der Waals surface area contributed by atoms with E-state index >= 15 is 0 Å². The maximum atomic E-state index is 12.8. The van der Waals surface area contributed by atoms with Crippen LogP contribution in [0.2, 0.25) is 0 Å². The Morgan fingerprint density at radius 1 is 0.304 bits per heavy atom. The number of hydrogen-bond donors (Lipinski definition) is 0. The SMILES string of the molecule is CC/C=C\C/C=C\C/C=C\C/C=C\C/C=C\C/C=C\CCCCCCC(=O)OCC(COC(=O)CCCCCCC/C=C\CCCC)OC(=O)CCCCCC/C=C\C/C=C\C/C=C\C/C=C\CC. The van der Waals surface area contributed by atoms with E-state index in [-0.39, 0.29) is 37.5 Å². The lowest BCUT2D eigenvalue weighted by atomic mass is 10.1. The number of ether oxygens (including phenoxy) is 3. The van der Waals surface area contributed by atoms with Crippen LogP contribution in [0.4, 0.5) is 0 Å². The van der Waals surface area contributed by atoms with Gasteiger partial charge in [0.2, 0.25) is 0 Å². The summed E-state index contributed by atoms with van der Waals surface area (Å²) in [4.78, 5) is 38.1. The van der Waals surface area contributed by atoms with Crippen LogP contribution in [0.15, 0.2) is 134 Å². The van der Waals surface area contributed by atoms with Gasteiger partial charge in [-0.15, -0.1) is 0 Å². The monoisotopic (exact) mass is 953 g/mol. The maximum absolute atomic E-state index is 12.8. The molecule has 1 unspecified atom stereocenters. The van der Waals surface area contributed by atoms with Gasteiger partial charge in [-0.1, -0.05) is 212 Å². The summed E-state index contributed by atoms with van der Waals surface area (Å²) in [6, 6.07) is 0. The van der Waals surface area contributed by atoms with Crippen molar-refractivity contribution in [2.75, 3.05) is 13.2 Å².